The molecule has 0 radical (unpaired) electrons. The van der Waals surface area contributed by atoms with Crippen molar-refractivity contribution in [1.82, 2.24) is 15.0 Å². The molecule has 0 saturated heterocycles. The smallest absolute Gasteiger partial charge is 0.156 e. The van der Waals surface area contributed by atoms with Gasteiger partial charge in [-0.15, -0.1) is 0 Å². The first-order valence-electron chi connectivity index (χ1n) is 11.0. The molecule has 0 spiro atoms. The van der Waals surface area contributed by atoms with Gasteiger partial charge in [0.05, 0.1) is 5.69 Å². The Balaban J connectivity index is 1.44. The summed E-state index contributed by atoms with van der Waals surface area (Å²) < 4.78 is 0. The van der Waals surface area contributed by atoms with Crippen molar-refractivity contribution < 1.29 is 5.11 Å². The van der Waals surface area contributed by atoms with Gasteiger partial charge >= 0.3 is 0 Å². The monoisotopic (exact) mass is 401 g/mol. The quantitative estimate of drug-likeness (QED) is 0.592. The van der Waals surface area contributed by atoms with E-state index >= 15 is 0 Å². The third-order valence-electron chi connectivity index (χ3n) is 6.40. The zero-order valence-corrected chi connectivity index (χ0v) is 18.2. The molecule has 4 rings (SSSR count). The van der Waals surface area contributed by atoms with Crippen molar-refractivity contribution in [3.8, 4) is 0 Å². The van der Waals surface area contributed by atoms with Gasteiger partial charge in [-0.1, -0.05) is 63.4 Å². The van der Waals surface area contributed by atoms with Crippen molar-refractivity contribution in [2.75, 3.05) is 0 Å². The van der Waals surface area contributed by atoms with E-state index in [0.29, 0.717) is 5.82 Å². The van der Waals surface area contributed by atoms with Gasteiger partial charge in [-0.3, -0.25) is 4.98 Å². The molecule has 0 aliphatic heterocycles. The highest BCUT2D eigenvalue weighted by Crippen LogP contribution is 2.32. The highest BCUT2D eigenvalue weighted by Gasteiger charge is 2.25. The molecule has 3 aromatic rings. The maximum atomic E-state index is 9.54. The molecular weight excluding hydrogens is 370 g/mol. The predicted octanol–water partition coefficient (Wildman–Crippen LogP) is 5.18. The second kappa shape index (κ2) is 8.65. The van der Waals surface area contributed by atoms with Crippen molar-refractivity contribution in [3.05, 3.63) is 88.8 Å². The minimum absolute atomic E-state index is 0.143. The molecule has 30 heavy (non-hydrogen) atoms. The Bertz CT molecular complexity index is 957. The fourth-order valence-electron chi connectivity index (χ4n) is 4.04. The molecule has 1 aromatic carbocycles. The van der Waals surface area contributed by atoms with Crippen LogP contribution in [-0.2, 0) is 18.3 Å². The van der Waals surface area contributed by atoms with Crippen molar-refractivity contribution in [3.63, 3.8) is 0 Å². The largest absolute Gasteiger partial charge is 0.385 e. The SMILES string of the molecule is CC(O)c1ncc(Cc2ccc(C(C)(C)c3ccc(CC4CCC4)cn3)cc2)cn1. The predicted molar refractivity (Wildman–Crippen MR) is 119 cm³/mol. The summed E-state index contributed by atoms with van der Waals surface area (Å²) in [6.45, 7) is 6.14. The average molecular weight is 402 g/mol. The summed E-state index contributed by atoms with van der Waals surface area (Å²) in [6, 6.07) is 13.2. The normalized spacial score (nSPS) is 15.6. The van der Waals surface area contributed by atoms with Crippen LogP contribution in [0.25, 0.3) is 0 Å². The van der Waals surface area contributed by atoms with Gasteiger partial charge in [0.1, 0.15) is 6.10 Å². The van der Waals surface area contributed by atoms with Crippen LogP contribution in [0.1, 0.15) is 79.9 Å². The second-order valence-electron chi connectivity index (χ2n) is 9.18. The van der Waals surface area contributed by atoms with Gasteiger partial charge < -0.3 is 5.11 Å². The Labute approximate surface area is 179 Å². The van der Waals surface area contributed by atoms with Gasteiger partial charge in [0.2, 0.25) is 0 Å². The summed E-state index contributed by atoms with van der Waals surface area (Å²) in [5.74, 6) is 1.33. The summed E-state index contributed by atoms with van der Waals surface area (Å²) in [5.41, 5.74) is 5.83. The number of benzene rings is 1. The van der Waals surface area contributed by atoms with Crippen LogP contribution >= 0.6 is 0 Å². The van der Waals surface area contributed by atoms with E-state index in [-0.39, 0.29) is 5.41 Å². The first-order valence-corrected chi connectivity index (χ1v) is 11.0. The minimum atomic E-state index is -0.638. The van der Waals surface area contributed by atoms with Gasteiger partial charge in [0.15, 0.2) is 5.82 Å². The van der Waals surface area contributed by atoms with Crippen LogP contribution < -0.4 is 0 Å². The summed E-state index contributed by atoms with van der Waals surface area (Å²) in [5, 5.41) is 9.54. The van der Waals surface area contributed by atoms with Crippen LogP contribution in [0, 0.1) is 5.92 Å². The molecule has 1 saturated carbocycles. The Morgan fingerprint density at radius 3 is 2.07 bits per heavy atom. The van der Waals surface area contributed by atoms with Crippen LogP contribution in [-0.4, -0.2) is 20.1 Å². The van der Waals surface area contributed by atoms with Crippen LogP contribution in [0.3, 0.4) is 0 Å². The Morgan fingerprint density at radius 2 is 1.53 bits per heavy atom. The molecule has 4 heteroatoms. The van der Waals surface area contributed by atoms with E-state index in [0.717, 1.165) is 23.6 Å². The fraction of sp³-hybridized carbons (Fsp3) is 0.423. The molecule has 1 fully saturated rings. The van der Waals surface area contributed by atoms with Crippen molar-refractivity contribution >= 4 is 0 Å². The lowest BCUT2D eigenvalue weighted by atomic mass is 9.79. The fourth-order valence-corrected chi connectivity index (χ4v) is 4.04. The van der Waals surface area contributed by atoms with E-state index in [9.17, 15) is 5.11 Å². The van der Waals surface area contributed by atoms with Gasteiger partial charge in [0, 0.05) is 30.4 Å². The van der Waals surface area contributed by atoms with E-state index in [1.54, 1.807) is 19.3 Å². The Morgan fingerprint density at radius 1 is 0.900 bits per heavy atom. The van der Waals surface area contributed by atoms with Crippen molar-refractivity contribution in [2.45, 2.75) is 64.4 Å². The van der Waals surface area contributed by atoms with Crippen LogP contribution in [0.4, 0.5) is 0 Å². The molecule has 0 amide bonds. The molecular formula is C26H31N3O. The molecule has 1 aliphatic carbocycles. The molecule has 1 aliphatic rings. The van der Waals surface area contributed by atoms with Crippen molar-refractivity contribution in [2.24, 2.45) is 5.92 Å². The third-order valence-corrected chi connectivity index (χ3v) is 6.40. The van der Waals surface area contributed by atoms with Gasteiger partial charge in [0.25, 0.3) is 0 Å². The number of nitrogens with zero attached hydrogens (tertiary/aromatic N) is 3. The summed E-state index contributed by atoms with van der Waals surface area (Å²) in [7, 11) is 0. The molecule has 4 nitrogen and oxygen atoms in total. The molecule has 156 valence electrons. The van der Waals surface area contributed by atoms with Gasteiger partial charge in [-0.2, -0.15) is 0 Å². The minimum Gasteiger partial charge on any atom is -0.385 e. The maximum absolute atomic E-state index is 9.54. The Kier molecular flexibility index (Phi) is 5.96. The number of hydrogen-bond donors (Lipinski definition) is 1. The lowest BCUT2D eigenvalue weighted by Crippen LogP contribution is -2.21. The molecule has 2 aromatic heterocycles. The lowest BCUT2D eigenvalue weighted by molar-refractivity contribution is 0.189. The lowest BCUT2D eigenvalue weighted by Gasteiger charge is -2.27. The standard InChI is InChI=1S/C26H31N3O/c1-18(30)25-28-16-22(17-29-25)14-20-7-10-23(11-8-20)26(2,3)24-12-9-21(15-27-24)13-19-5-4-6-19/h7-12,15-19,30H,4-6,13-14H2,1-3H3. The summed E-state index contributed by atoms with van der Waals surface area (Å²) in [6.07, 6.45) is 11.1. The number of aliphatic hydroxyl groups is 1. The first kappa shape index (κ1) is 20.7. The molecule has 1 atom stereocenters. The van der Waals surface area contributed by atoms with Crippen LogP contribution in [0.2, 0.25) is 0 Å². The molecule has 0 bridgehead atoms. The highest BCUT2D eigenvalue weighted by atomic mass is 16.3. The third kappa shape index (κ3) is 4.59. The topological polar surface area (TPSA) is 58.9 Å². The van der Waals surface area contributed by atoms with E-state index in [4.69, 9.17) is 4.98 Å². The van der Waals surface area contributed by atoms with Crippen LogP contribution in [0.15, 0.2) is 55.0 Å². The highest BCUT2D eigenvalue weighted by molar-refractivity contribution is 5.37. The molecule has 2 heterocycles. The first-order chi connectivity index (χ1) is 14.4. The number of aromatic nitrogens is 3. The van der Waals surface area contributed by atoms with Crippen LogP contribution in [0.5, 0.6) is 0 Å². The average Bonchev–Trinajstić information content (AvgIpc) is 2.72. The van der Waals surface area contributed by atoms with E-state index in [1.807, 2.05) is 0 Å². The number of hydrogen-bond acceptors (Lipinski definition) is 4. The van der Waals surface area contributed by atoms with Gasteiger partial charge in [-0.25, -0.2) is 9.97 Å². The molecule has 1 N–H and O–H groups in total. The zero-order valence-electron chi connectivity index (χ0n) is 18.2. The number of pyridine rings is 1. The van der Waals surface area contributed by atoms with E-state index in [2.05, 4.69) is 66.4 Å². The Hall–Kier alpha value is -2.59. The zero-order chi connectivity index (χ0) is 21.1. The van der Waals surface area contributed by atoms with E-state index in [1.165, 1.54) is 42.4 Å². The molecule has 1 unspecified atom stereocenters. The maximum Gasteiger partial charge on any atom is 0.156 e. The van der Waals surface area contributed by atoms with Gasteiger partial charge in [-0.05, 0) is 47.6 Å². The summed E-state index contributed by atoms with van der Waals surface area (Å²) in [4.78, 5) is 13.3. The summed E-state index contributed by atoms with van der Waals surface area (Å²) >= 11 is 0. The van der Waals surface area contributed by atoms with E-state index < -0.39 is 6.10 Å². The van der Waals surface area contributed by atoms with Crippen molar-refractivity contribution in [1.29, 1.82) is 0 Å². The number of rotatable bonds is 7. The second-order valence-corrected chi connectivity index (χ2v) is 9.18. The number of aliphatic hydroxyl groups excluding tert-OH is 1.